The lowest BCUT2D eigenvalue weighted by molar-refractivity contribution is 0.212. The third-order valence-electron chi connectivity index (χ3n) is 5.26. The molecular formula is C26H22N2O. The first kappa shape index (κ1) is 17.5. The van der Waals surface area contributed by atoms with Gasteiger partial charge in [0.25, 0.3) is 0 Å². The van der Waals surface area contributed by atoms with Gasteiger partial charge in [0, 0.05) is 6.54 Å². The molecule has 1 unspecified atom stereocenters. The zero-order valence-electron chi connectivity index (χ0n) is 16.3. The van der Waals surface area contributed by atoms with Crippen molar-refractivity contribution >= 4 is 21.8 Å². The highest BCUT2D eigenvalue weighted by molar-refractivity contribution is 5.83. The van der Waals surface area contributed by atoms with Gasteiger partial charge >= 0.3 is 0 Å². The van der Waals surface area contributed by atoms with Crippen LogP contribution in [-0.2, 0) is 6.54 Å². The van der Waals surface area contributed by atoms with Crippen molar-refractivity contribution in [1.29, 1.82) is 0 Å². The largest absolute Gasteiger partial charge is 0.483 e. The van der Waals surface area contributed by atoms with E-state index in [1.807, 2.05) is 36.4 Å². The zero-order valence-corrected chi connectivity index (χ0v) is 16.3. The van der Waals surface area contributed by atoms with Crippen molar-refractivity contribution in [1.82, 2.24) is 9.55 Å². The summed E-state index contributed by atoms with van der Waals surface area (Å²) in [5.74, 6) is 1.78. The first-order valence-electron chi connectivity index (χ1n) is 9.92. The minimum absolute atomic E-state index is 0.162. The van der Waals surface area contributed by atoms with E-state index >= 15 is 0 Å². The van der Waals surface area contributed by atoms with Crippen LogP contribution < -0.4 is 4.74 Å². The van der Waals surface area contributed by atoms with Gasteiger partial charge in [-0.1, -0.05) is 66.7 Å². The molecule has 0 spiro atoms. The molecule has 142 valence electrons. The number of hydrogen-bond acceptors (Lipinski definition) is 2. The number of benzene rings is 4. The average molecular weight is 378 g/mol. The maximum Gasteiger partial charge on any atom is 0.153 e. The third kappa shape index (κ3) is 3.47. The van der Waals surface area contributed by atoms with Crippen LogP contribution in [0.1, 0.15) is 24.4 Å². The van der Waals surface area contributed by atoms with Crippen LogP contribution in [0.3, 0.4) is 0 Å². The van der Waals surface area contributed by atoms with Gasteiger partial charge in [-0.2, -0.15) is 0 Å². The van der Waals surface area contributed by atoms with Crippen LogP contribution in [0.25, 0.3) is 21.8 Å². The Morgan fingerprint density at radius 2 is 1.52 bits per heavy atom. The second-order valence-electron chi connectivity index (χ2n) is 7.30. The van der Waals surface area contributed by atoms with E-state index in [9.17, 15) is 0 Å². The van der Waals surface area contributed by atoms with Crippen molar-refractivity contribution in [3.8, 4) is 5.75 Å². The number of nitrogens with zero attached hydrogens (tertiary/aromatic N) is 2. The minimum atomic E-state index is -0.162. The number of imidazole rings is 1. The summed E-state index contributed by atoms with van der Waals surface area (Å²) in [6, 6.07) is 33.3. The zero-order chi connectivity index (χ0) is 19.6. The highest BCUT2D eigenvalue weighted by Crippen LogP contribution is 2.26. The van der Waals surface area contributed by atoms with Crippen LogP contribution in [0.2, 0.25) is 0 Å². The number of fused-ring (bicyclic) bond motifs is 2. The quantitative estimate of drug-likeness (QED) is 0.355. The average Bonchev–Trinajstić information content (AvgIpc) is 3.13. The van der Waals surface area contributed by atoms with Crippen LogP contribution in [-0.4, -0.2) is 9.55 Å². The molecule has 0 saturated heterocycles. The Hall–Kier alpha value is -3.59. The Bertz CT molecular complexity index is 1270. The van der Waals surface area contributed by atoms with Crippen LogP contribution in [0.5, 0.6) is 5.75 Å². The van der Waals surface area contributed by atoms with Crippen LogP contribution in [0, 0.1) is 0 Å². The van der Waals surface area contributed by atoms with E-state index in [1.54, 1.807) is 0 Å². The Kier molecular flexibility index (Phi) is 4.49. The van der Waals surface area contributed by atoms with Gasteiger partial charge in [0.15, 0.2) is 11.9 Å². The lowest BCUT2D eigenvalue weighted by Gasteiger charge is -2.17. The fraction of sp³-hybridized carbons (Fsp3) is 0.115. The molecule has 0 N–H and O–H groups in total. The normalized spacial score (nSPS) is 12.3. The van der Waals surface area contributed by atoms with Crippen LogP contribution >= 0.6 is 0 Å². The molecule has 3 nitrogen and oxygen atoms in total. The molecule has 1 aromatic heterocycles. The first-order chi connectivity index (χ1) is 14.3. The summed E-state index contributed by atoms with van der Waals surface area (Å²) >= 11 is 0. The van der Waals surface area contributed by atoms with Crippen molar-refractivity contribution in [3.63, 3.8) is 0 Å². The highest BCUT2D eigenvalue weighted by Gasteiger charge is 2.18. The standard InChI is InChI=1S/C26H22N2O/c1-19(29-23-11-3-2-4-12-23)26-27-24-13-7-8-14-25(24)28(26)18-20-15-16-21-9-5-6-10-22(21)17-20/h2-17,19H,18H2,1H3. The van der Waals surface area contributed by atoms with Gasteiger partial charge in [-0.15, -0.1) is 0 Å². The molecule has 0 bridgehead atoms. The Balaban J connectivity index is 1.55. The number of hydrogen-bond donors (Lipinski definition) is 0. The second-order valence-corrected chi connectivity index (χ2v) is 7.30. The Morgan fingerprint density at radius 1 is 0.793 bits per heavy atom. The number of rotatable bonds is 5. The van der Waals surface area contributed by atoms with Gasteiger partial charge in [0.2, 0.25) is 0 Å². The lowest BCUT2D eigenvalue weighted by Crippen LogP contribution is -2.12. The topological polar surface area (TPSA) is 27.1 Å². The van der Waals surface area contributed by atoms with Gasteiger partial charge in [-0.3, -0.25) is 0 Å². The third-order valence-corrected chi connectivity index (χ3v) is 5.26. The van der Waals surface area contributed by atoms with E-state index in [0.717, 1.165) is 29.2 Å². The summed E-state index contributed by atoms with van der Waals surface area (Å²) in [6.07, 6.45) is -0.162. The van der Waals surface area contributed by atoms with E-state index in [1.165, 1.54) is 16.3 Å². The number of para-hydroxylation sites is 3. The molecule has 29 heavy (non-hydrogen) atoms. The van der Waals surface area contributed by atoms with Crippen molar-refractivity contribution in [2.45, 2.75) is 19.6 Å². The molecule has 4 aromatic carbocycles. The van der Waals surface area contributed by atoms with E-state index in [4.69, 9.17) is 9.72 Å². The monoisotopic (exact) mass is 378 g/mol. The Labute approximate surface area is 170 Å². The summed E-state index contributed by atoms with van der Waals surface area (Å²) in [6.45, 7) is 2.81. The molecule has 0 saturated carbocycles. The molecule has 1 atom stereocenters. The SMILES string of the molecule is CC(Oc1ccccc1)c1nc2ccccc2n1Cc1ccc2ccccc2c1. The summed E-state index contributed by atoms with van der Waals surface area (Å²) in [7, 11) is 0. The van der Waals surface area contributed by atoms with Crippen LogP contribution in [0.4, 0.5) is 0 Å². The summed E-state index contributed by atoms with van der Waals surface area (Å²) in [4.78, 5) is 4.91. The summed E-state index contributed by atoms with van der Waals surface area (Å²) in [5.41, 5.74) is 3.37. The van der Waals surface area contributed by atoms with Crippen molar-refractivity contribution in [3.05, 3.63) is 108 Å². The van der Waals surface area contributed by atoms with Gasteiger partial charge in [0.05, 0.1) is 11.0 Å². The molecule has 0 radical (unpaired) electrons. The fourth-order valence-electron chi connectivity index (χ4n) is 3.85. The second kappa shape index (κ2) is 7.44. The predicted octanol–water partition coefficient (Wildman–Crippen LogP) is 6.38. The number of aromatic nitrogens is 2. The molecule has 0 aliphatic rings. The summed E-state index contributed by atoms with van der Waals surface area (Å²) in [5, 5.41) is 2.51. The van der Waals surface area contributed by atoms with E-state index in [2.05, 4.69) is 72.2 Å². The van der Waals surface area contributed by atoms with E-state index < -0.39 is 0 Å². The molecule has 5 aromatic rings. The molecule has 3 heteroatoms. The first-order valence-corrected chi connectivity index (χ1v) is 9.92. The van der Waals surface area contributed by atoms with E-state index in [-0.39, 0.29) is 6.10 Å². The minimum Gasteiger partial charge on any atom is -0.483 e. The number of ether oxygens (including phenoxy) is 1. The molecule has 0 fully saturated rings. The van der Waals surface area contributed by atoms with Gasteiger partial charge in [-0.05, 0) is 53.6 Å². The predicted molar refractivity (Wildman–Crippen MR) is 118 cm³/mol. The van der Waals surface area contributed by atoms with Crippen molar-refractivity contribution in [2.24, 2.45) is 0 Å². The van der Waals surface area contributed by atoms with Gasteiger partial charge in [-0.25, -0.2) is 4.98 Å². The fourth-order valence-corrected chi connectivity index (χ4v) is 3.85. The van der Waals surface area contributed by atoms with Crippen molar-refractivity contribution < 1.29 is 4.74 Å². The smallest absolute Gasteiger partial charge is 0.153 e. The maximum absolute atomic E-state index is 6.20. The summed E-state index contributed by atoms with van der Waals surface area (Å²) < 4.78 is 8.47. The molecule has 0 aliphatic carbocycles. The molecule has 1 heterocycles. The highest BCUT2D eigenvalue weighted by atomic mass is 16.5. The molecule has 5 rings (SSSR count). The lowest BCUT2D eigenvalue weighted by atomic mass is 10.1. The van der Waals surface area contributed by atoms with Gasteiger partial charge in [0.1, 0.15) is 5.75 Å². The van der Waals surface area contributed by atoms with Crippen molar-refractivity contribution in [2.75, 3.05) is 0 Å². The molecule has 0 aliphatic heterocycles. The Morgan fingerprint density at radius 3 is 2.38 bits per heavy atom. The van der Waals surface area contributed by atoms with Gasteiger partial charge < -0.3 is 9.30 Å². The van der Waals surface area contributed by atoms with E-state index in [0.29, 0.717) is 0 Å². The molecular weight excluding hydrogens is 356 g/mol. The molecule has 0 amide bonds. The maximum atomic E-state index is 6.20. The van der Waals surface area contributed by atoms with Crippen LogP contribution in [0.15, 0.2) is 97.1 Å².